The van der Waals surface area contributed by atoms with Crippen LogP contribution in [0.15, 0.2) is 24.3 Å². The molecule has 0 bridgehead atoms. The summed E-state index contributed by atoms with van der Waals surface area (Å²) in [6.45, 7) is 0. The Labute approximate surface area is 94.9 Å². The fourth-order valence-electron chi connectivity index (χ4n) is 1.36. The van der Waals surface area contributed by atoms with Gasteiger partial charge in [-0.1, -0.05) is 12.1 Å². The van der Waals surface area contributed by atoms with Crippen LogP contribution < -0.4 is 9.88 Å². The zero-order chi connectivity index (χ0) is 12.2. The maximum atomic E-state index is 10.7. The zero-order valence-corrected chi connectivity index (χ0v) is 9.78. The molecule has 0 fully saturated rings. The molecule has 0 aliphatic rings. The quantitative estimate of drug-likeness (QED) is 0.757. The van der Waals surface area contributed by atoms with Crippen molar-refractivity contribution >= 4 is 10.0 Å². The van der Waals surface area contributed by atoms with E-state index in [4.69, 9.17) is 9.88 Å². The summed E-state index contributed by atoms with van der Waals surface area (Å²) < 4.78 is 26.4. The number of aliphatic hydroxyl groups excluding tert-OH is 1. The minimum atomic E-state index is -3.63. The van der Waals surface area contributed by atoms with Gasteiger partial charge in [-0.3, -0.25) is 0 Å². The highest BCUT2D eigenvalue weighted by Crippen LogP contribution is 2.12. The number of rotatable bonds is 5. The molecule has 0 aliphatic carbocycles. The Morgan fingerprint density at radius 3 is 2.38 bits per heavy atom. The molecule has 0 radical (unpaired) electrons. The van der Waals surface area contributed by atoms with E-state index in [1.165, 1.54) is 0 Å². The number of methoxy groups -OCH3 is 1. The normalized spacial score (nSPS) is 13.4. The van der Waals surface area contributed by atoms with E-state index in [1.807, 2.05) is 0 Å². The van der Waals surface area contributed by atoms with E-state index in [0.717, 1.165) is 5.56 Å². The Balaban J connectivity index is 2.59. The van der Waals surface area contributed by atoms with Crippen molar-refractivity contribution in [3.05, 3.63) is 29.8 Å². The van der Waals surface area contributed by atoms with Crippen LogP contribution in [0.2, 0.25) is 0 Å². The molecule has 0 spiro atoms. The molecule has 6 heteroatoms. The van der Waals surface area contributed by atoms with E-state index in [-0.39, 0.29) is 6.42 Å². The van der Waals surface area contributed by atoms with Crippen LogP contribution in [0.4, 0.5) is 0 Å². The second-order valence-electron chi connectivity index (χ2n) is 3.54. The smallest absolute Gasteiger partial charge is 0.211 e. The minimum Gasteiger partial charge on any atom is -0.497 e. The van der Waals surface area contributed by atoms with Crippen LogP contribution >= 0.6 is 0 Å². The van der Waals surface area contributed by atoms with Gasteiger partial charge in [0, 0.05) is 0 Å². The predicted octanol–water partition coefficient (Wildman–Crippen LogP) is -0.113. The van der Waals surface area contributed by atoms with Crippen LogP contribution in [-0.4, -0.2) is 32.5 Å². The monoisotopic (exact) mass is 245 g/mol. The Hall–Kier alpha value is -1.11. The topological polar surface area (TPSA) is 89.6 Å². The summed E-state index contributed by atoms with van der Waals surface area (Å²) in [5.41, 5.74) is 0.831. The molecule has 90 valence electrons. The summed E-state index contributed by atoms with van der Waals surface area (Å²) in [7, 11) is -2.07. The summed E-state index contributed by atoms with van der Waals surface area (Å²) in [6.07, 6.45) is -0.733. The van der Waals surface area contributed by atoms with Gasteiger partial charge in [0.25, 0.3) is 0 Å². The Bertz CT molecular complexity index is 427. The highest BCUT2D eigenvalue weighted by molar-refractivity contribution is 7.89. The molecule has 0 aliphatic heterocycles. The molecule has 0 saturated carbocycles. The Kier molecular flexibility index (Phi) is 4.28. The van der Waals surface area contributed by atoms with Gasteiger partial charge in [0.1, 0.15) is 5.75 Å². The molecule has 1 rings (SSSR count). The van der Waals surface area contributed by atoms with Gasteiger partial charge in [0.2, 0.25) is 10.0 Å². The number of nitrogens with two attached hydrogens (primary N) is 1. The van der Waals surface area contributed by atoms with Crippen molar-refractivity contribution < 1.29 is 18.3 Å². The largest absolute Gasteiger partial charge is 0.497 e. The number of aliphatic hydroxyl groups is 1. The van der Waals surface area contributed by atoms with Crippen LogP contribution in [0.25, 0.3) is 0 Å². The molecule has 0 heterocycles. The van der Waals surface area contributed by atoms with E-state index in [9.17, 15) is 13.5 Å². The van der Waals surface area contributed by atoms with Crippen molar-refractivity contribution in [2.75, 3.05) is 12.9 Å². The summed E-state index contributed by atoms with van der Waals surface area (Å²) in [5.74, 6) is 0.281. The lowest BCUT2D eigenvalue weighted by Gasteiger charge is -2.09. The molecule has 16 heavy (non-hydrogen) atoms. The van der Waals surface area contributed by atoms with Crippen molar-refractivity contribution in [2.45, 2.75) is 12.5 Å². The molecule has 1 aromatic rings. The molecule has 3 N–H and O–H groups in total. The van der Waals surface area contributed by atoms with Crippen LogP contribution in [-0.2, 0) is 16.4 Å². The molecular formula is C10H15NO4S. The zero-order valence-electron chi connectivity index (χ0n) is 8.96. The first-order chi connectivity index (χ1) is 7.40. The number of primary sulfonamides is 1. The van der Waals surface area contributed by atoms with Crippen LogP contribution in [0.3, 0.4) is 0 Å². The highest BCUT2D eigenvalue weighted by Gasteiger charge is 2.13. The number of hydrogen-bond acceptors (Lipinski definition) is 4. The Morgan fingerprint density at radius 1 is 1.38 bits per heavy atom. The molecule has 5 nitrogen and oxygen atoms in total. The first-order valence-corrected chi connectivity index (χ1v) is 6.44. The molecular weight excluding hydrogens is 230 g/mol. The minimum absolute atomic E-state index is 0.250. The van der Waals surface area contributed by atoms with Gasteiger partial charge in [-0.2, -0.15) is 0 Å². The lowest BCUT2D eigenvalue weighted by Crippen LogP contribution is -2.27. The molecule has 1 aromatic carbocycles. The summed E-state index contributed by atoms with van der Waals surface area (Å²) in [4.78, 5) is 0. The third kappa shape index (κ3) is 4.61. The molecule has 0 amide bonds. The highest BCUT2D eigenvalue weighted by atomic mass is 32.2. The second kappa shape index (κ2) is 5.29. The number of ether oxygens (including phenoxy) is 1. The average Bonchev–Trinajstić information content (AvgIpc) is 2.16. The number of hydrogen-bond donors (Lipinski definition) is 2. The maximum Gasteiger partial charge on any atom is 0.211 e. The van der Waals surface area contributed by atoms with Crippen molar-refractivity contribution in [1.29, 1.82) is 0 Å². The van der Waals surface area contributed by atoms with Gasteiger partial charge in [-0.25, -0.2) is 13.6 Å². The van der Waals surface area contributed by atoms with Crippen LogP contribution in [0, 0.1) is 0 Å². The SMILES string of the molecule is COc1ccc(CC(O)CS(N)(=O)=O)cc1. The molecule has 0 aromatic heterocycles. The van der Waals surface area contributed by atoms with Crippen molar-refractivity contribution in [3.8, 4) is 5.75 Å². The van der Waals surface area contributed by atoms with E-state index < -0.39 is 21.9 Å². The first-order valence-electron chi connectivity index (χ1n) is 4.72. The van der Waals surface area contributed by atoms with Gasteiger partial charge >= 0.3 is 0 Å². The second-order valence-corrected chi connectivity index (χ2v) is 5.19. The van der Waals surface area contributed by atoms with Gasteiger partial charge in [-0.05, 0) is 24.1 Å². The summed E-state index contributed by atoms with van der Waals surface area (Å²) >= 11 is 0. The lowest BCUT2D eigenvalue weighted by molar-refractivity contribution is 0.198. The fourth-order valence-corrected chi connectivity index (χ4v) is 2.01. The first kappa shape index (κ1) is 13.0. The third-order valence-electron chi connectivity index (χ3n) is 2.06. The summed E-state index contributed by atoms with van der Waals surface area (Å²) in [5, 5.41) is 14.3. The standard InChI is InChI=1S/C10H15NO4S/c1-15-10-4-2-8(3-5-10)6-9(12)7-16(11,13)14/h2-5,9,12H,6-7H2,1H3,(H2,11,13,14). The van der Waals surface area contributed by atoms with Gasteiger partial charge < -0.3 is 9.84 Å². The van der Waals surface area contributed by atoms with Crippen molar-refractivity contribution in [2.24, 2.45) is 5.14 Å². The van der Waals surface area contributed by atoms with Crippen molar-refractivity contribution in [1.82, 2.24) is 0 Å². The Morgan fingerprint density at radius 2 is 1.94 bits per heavy atom. The van der Waals surface area contributed by atoms with E-state index in [2.05, 4.69) is 0 Å². The molecule has 0 saturated heterocycles. The van der Waals surface area contributed by atoms with Gasteiger partial charge in [0.05, 0.1) is 19.0 Å². The third-order valence-corrected chi connectivity index (χ3v) is 2.90. The molecule has 1 atom stereocenters. The van der Waals surface area contributed by atoms with Crippen LogP contribution in [0.1, 0.15) is 5.56 Å². The maximum absolute atomic E-state index is 10.7. The predicted molar refractivity (Wildman–Crippen MR) is 60.7 cm³/mol. The van der Waals surface area contributed by atoms with E-state index in [1.54, 1.807) is 31.4 Å². The number of sulfonamides is 1. The lowest BCUT2D eigenvalue weighted by atomic mass is 10.1. The van der Waals surface area contributed by atoms with E-state index >= 15 is 0 Å². The average molecular weight is 245 g/mol. The molecule has 1 unspecified atom stereocenters. The fraction of sp³-hybridized carbons (Fsp3) is 0.400. The van der Waals surface area contributed by atoms with Crippen LogP contribution in [0.5, 0.6) is 5.75 Å². The van der Waals surface area contributed by atoms with Gasteiger partial charge in [-0.15, -0.1) is 0 Å². The number of benzene rings is 1. The van der Waals surface area contributed by atoms with Crippen molar-refractivity contribution in [3.63, 3.8) is 0 Å². The van der Waals surface area contributed by atoms with E-state index in [0.29, 0.717) is 5.75 Å². The van der Waals surface area contributed by atoms with Gasteiger partial charge in [0.15, 0.2) is 0 Å². The summed E-state index contributed by atoms with van der Waals surface area (Å²) in [6, 6.07) is 7.04.